The minimum absolute atomic E-state index is 0. The topological polar surface area (TPSA) is 46.5 Å². The van der Waals surface area contributed by atoms with E-state index < -0.39 is 0 Å². The molecule has 4 nitrogen and oxygen atoms in total. The van der Waals surface area contributed by atoms with E-state index in [1.54, 1.807) is 11.3 Å². The van der Waals surface area contributed by atoms with Gasteiger partial charge in [0.15, 0.2) is 0 Å². The van der Waals surface area contributed by atoms with Gasteiger partial charge in [0, 0.05) is 22.9 Å². The zero-order valence-electron chi connectivity index (χ0n) is 19.1. The predicted octanol–water partition coefficient (Wildman–Crippen LogP) is 8.19. The summed E-state index contributed by atoms with van der Waals surface area (Å²) >= 11 is 1.56. The smallest absolute Gasteiger partial charge is 0.203 e. The molecular weight excluding hydrogens is 518 g/mol. The van der Waals surface area contributed by atoms with Gasteiger partial charge >= 0.3 is 0 Å². The van der Waals surface area contributed by atoms with Crippen LogP contribution in [0, 0.1) is 6.92 Å². The molecule has 0 radical (unpaired) electrons. The van der Waals surface area contributed by atoms with Gasteiger partial charge < -0.3 is 4.74 Å². The molecule has 1 aliphatic heterocycles. The maximum atomic E-state index is 6.33. The number of nitrogens with zero attached hydrogens (tertiary/aromatic N) is 2. The van der Waals surface area contributed by atoms with Crippen molar-refractivity contribution in [1.29, 1.82) is 0 Å². The van der Waals surface area contributed by atoms with E-state index in [0.717, 1.165) is 39.0 Å². The first kappa shape index (κ1) is 23.3. The van der Waals surface area contributed by atoms with Crippen LogP contribution in [0.25, 0.3) is 22.0 Å². The number of hydrazone groups is 1. The molecule has 1 aliphatic rings. The Bertz CT molecular complexity index is 1510. The van der Waals surface area contributed by atoms with Gasteiger partial charge in [-0.3, -0.25) is 5.43 Å². The Labute approximate surface area is 219 Å². The van der Waals surface area contributed by atoms with Crippen LogP contribution in [0.4, 0.5) is 5.13 Å². The van der Waals surface area contributed by atoms with Crippen molar-refractivity contribution in [2.45, 2.75) is 19.4 Å². The van der Waals surface area contributed by atoms with Crippen LogP contribution in [0.1, 0.15) is 29.2 Å². The van der Waals surface area contributed by atoms with Crippen LogP contribution in [0.3, 0.4) is 0 Å². The van der Waals surface area contributed by atoms with Crippen molar-refractivity contribution in [2.75, 3.05) is 5.43 Å². The predicted molar refractivity (Wildman–Crippen MR) is 151 cm³/mol. The van der Waals surface area contributed by atoms with Gasteiger partial charge in [-0.1, -0.05) is 78.4 Å². The molecule has 2 heterocycles. The van der Waals surface area contributed by atoms with Crippen molar-refractivity contribution < 1.29 is 4.74 Å². The molecule has 1 atom stereocenters. The van der Waals surface area contributed by atoms with Crippen molar-refractivity contribution in [3.63, 3.8) is 0 Å². The normalized spacial score (nSPS) is 15.8. The number of rotatable bonds is 4. The second-order valence-corrected chi connectivity index (χ2v) is 9.35. The molecule has 6 rings (SSSR count). The lowest BCUT2D eigenvalue weighted by Crippen LogP contribution is -2.22. The number of thiazole rings is 1. The van der Waals surface area contributed by atoms with E-state index >= 15 is 0 Å². The number of hydrogen-bond acceptors (Lipinski definition) is 5. The fourth-order valence-corrected chi connectivity index (χ4v) is 5.00. The first-order valence-electron chi connectivity index (χ1n) is 11.3. The Balaban J connectivity index is 0.00000253. The molecule has 1 N–H and O–H groups in total. The minimum atomic E-state index is -0.0681. The first-order chi connectivity index (χ1) is 16.7. The zero-order valence-corrected chi connectivity index (χ0v) is 21.7. The lowest BCUT2D eigenvalue weighted by Gasteiger charge is -2.27. The molecule has 35 heavy (non-hydrogen) atoms. The Morgan fingerprint density at radius 1 is 0.914 bits per heavy atom. The number of nitrogens with one attached hydrogen (secondary N) is 1. The molecule has 0 saturated heterocycles. The third-order valence-electron chi connectivity index (χ3n) is 6.10. The van der Waals surface area contributed by atoms with E-state index in [4.69, 9.17) is 14.8 Å². The maximum absolute atomic E-state index is 6.33. The van der Waals surface area contributed by atoms with Crippen molar-refractivity contribution in [3.8, 4) is 17.0 Å². The van der Waals surface area contributed by atoms with Crippen LogP contribution >= 0.6 is 28.3 Å². The fourth-order valence-electron chi connectivity index (χ4n) is 4.33. The molecule has 174 valence electrons. The summed E-state index contributed by atoms with van der Waals surface area (Å²) in [7, 11) is 0. The monoisotopic (exact) mass is 541 g/mol. The standard InChI is InChI=1S/C29H23N3OS.BrH/c1-19-11-14-27-24(15-19)25(17-28(33-27)21-8-3-2-4-9-21)31-32-29-30-26(18-34-29)23-13-12-20-7-5-6-10-22(20)16-23;/h2-16,18,28H,17H2,1H3,(H,30,32);1H/b31-25+;. The zero-order chi connectivity index (χ0) is 22.9. The largest absolute Gasteiger partial charge is 0.485 e. The summed E-state index contributed by atoms with van der Waals surface area (Å²) in [5, 5.41) is 10.1. The summed E-state index contributed by atoms with van der Waals surface area (Å²) in [5.41, 5.74) is 9.60. The third-order valence-corrected chi connectivity index (χ3v) is 6.85. The summed E-state index contributed by atoms with van der Waals surface area (Å²) < 4.78 is 6.33. The average molecular weight is 543 g/mol. The highest BCUT2D eigenvalue weighted by Gasteiger charge is 2.26. The van der Waals surface area contributed by atoms with Crippen LogP contribution in [-0.2, 0) is 0 Å². The van der Waals surface area contributed by atoms with Crippen LogP contribution in [0.2, 0.25) is 0 Å². The maximum Gasteiger partial charge on any atom is 0.203 e. The summed E-state index contributed by atoms with van der Waals surface area (Å²) in [5.74, 6) is 0.863. The molecule has 1 aromatic heterocycles. The summed E-state index contributed by atoms with van der Waals surface area (Å²) in [6.45, 7) is 2.09. The molecule has 5 aromatic rings. The van der Waals surface area contributed by atoms with E-state index in [0.29, 0.717) is 6.42 Å². The lowest BCUT2D eigenvalue weighted by atomic mass is 9.94. The highest BCUT2D eigenvalue weighted by molar-refractivity contribution is 8.93. The number of ether oxygens (including phenoxy) is 1. The van der Waals surface area contributed by atoms with Gasteiger partial charge in [0.25, 0.3) is 0 Å². The summed E-state index contributed by atoms with van der Waals surface area (Å²) in [4.78, 5) is 4.79. The highest BCUT2D eigenvalue weighted by atomic mass is 79.9. The molecule has 6 heteroatoms. The minimum Gasteiger partial charge on any atom is -0.485 e. The van der Waals surface area contributed by atoms with Crippen molar-refractivity contribution in [3.05, 3.63) is 113 Å². The number of fused-ring (bicyclic) bond motifs is 2. The van der Waals surface area contributed by atoms with E-state index in [1.807, 2.05) is 24.3 Å². The van der Waals surface area contributed by atoms with Crippen molar-refractivity contribution in [1.82, 2.24) is 4.98 Å². The van der Waals surface area contributed by atoms with E-state index in [2.05, 4.69) is 84.5 Å². The summed E-state index contributed by atoms with van der Waals surface area (Å²) in [6, 6.07) is 31.4. The molecule has 0 spiro atoms. The molecule has 0 fully saturated rings. The molecule has 0 amide bonds. The van der Waals surface area contributed by atoms with Gasteiger partial charge in [-0.2, -0.15) is 5.10 Å². The molecule has 1 unspecified atom stereocenters. The number of halogens is 1. The highest BCUT2D eigenvalue weighted by Crippen LogP contribution is 2.36. The lowest BCUT2D eigenvalue weighted by molar-refractivity contribution is 0.206. The molecule has 0 saturated carbocycles. The fraction of sp³-hybridized carbons (Fsp3) is 0.103. The van der Waals surface area contributed by atoms with E-state index in [9.17, 15) is 0 Å². The summed E-state index contributed by atoms with van der Waals surface area (Å²) in [6.07, 6.45) is 0.623. The Hall–Kier alpha value is -3.48. The number of hydrogen-bond donors (Lipinski definition) is 1. The third kappa shape index (κ3) is 4.85. The first-order valence-corrected chi connectivity index (χ1v) is 12.2. The van der Waals surface area contributed by atoms with Crippen LogP contribution < -0.4 is 10.2 Å². The second-order valence-electron chi connectivity index (χ2n) is 8.49. The van der Waals surface area contributed by atoms with Gasteiger partial charge in [0.05, 0.1) is 11.4 Å². The number of benzene rings is 4. The van der Waals surface area contributed by atoms with Crippen LogP contribution in [0.15, 0.2) is 101 Å². The number of anilines is 1. The Morgan fingerprint density at radius 3 is 2.57 bits per heavy atom. The molecule has 4 aromatic carbocycles. The average Bonchev–Trinajstić information content (AvgIpc) is 3.36. The van der Waals surface area contributed by atoms with Crippen LogP contribution in [0.5, 0.6) is 5.75 Å². The quantitative estimate of drug-likeness (QED) is 0.233. The van der Waals surface area contributed by atoms with Crippen molar-refractivity contribution in [2.24, 2.45) is 5.10 Å². The van der Waals surface area contributed by atoms with Gasteiger partial charge in [-0.15, -0.1) is 28.3 Å². The Morgan fingerprint density at radius 2 is 1.71 bits per heavy atom. The molecular formula is C29H24BrN3OS. The van der Waals surface area contributed by atoms with Crippen molar-refractivity contribution >= 4 is 49.9 Å². The van der Waals surface area contributed by atoms with Gasteiger partial charge in [-0.05, 0) is 41.5 Å². The van der Waals surface area contributed by atoms with Gasteiger partial charge in [0.2, 0.25) is 5.13 Å². The number of aryl methyl sites for hydroxylation is 1. The molecule has 0 aliphatic carbocycles. The Kier molecular flexibility index (Phi) is 6.66. The van der Waals surface area contributed by atoms with Gasteiger partial charge in [0.1, 0.15) is 11.9 Å². The molecule has 0 bridgehead atoms. The van der Waals surface area contributed by atoms with Crippen LogP contribution in [-0.4, -0.2) is 10.7 Å². The number of aromatic nitrogens is 1. The van der Waals surface area contributed by atoms with E-state index in [-0.39, 0.29) is 23.1 Å². The second kappa shape index (κ2) is 10.0. The van der Waals surface area contributed by atoms with Gasteiger partial charge in [-0.25, -0.2) is 4.98 Å². The van der Waals surface area contributed by atoms with E-state index in [1.165, 1.54) is 16.3 Å². The SMILES string of the molecule is Br.Cc1ccc2c(c1)/C(=N/Nc1nc(-c3ccc4ccccc4c3)cs1)CC(c1ccccc1)O2.